The Morgan fingerprint density at radius 3 is 2.15 bits per heavy atom. The average Bonchev–Trinajstić information content (AvgIpc) is 2.92. The number of benzene rings is 3. The zero-order valence-corrected chi connectivity index (χ0v) is 24.5. The van der Waals surface area contributed by atoms with Gasteiger partial charge in [-0.05, 0) is 54.8 Å². The van der Waals surface area contributed by atoms with Gasteiger partial charge in [0.2, 0.25) is 21.8 Å². The lowest BCUT2D eigenvalue weighted by Crippen LogP contribution is -2.54. The predicted octanol–water partition coefficient (Wildman–Crippen LogP) is 5.17. The van der Waals surface area contributed by atoms with Gasteiger partial charge in [0.25, 0.3) is 0 Å². The number of carbonyl (C=O) groups excluding carboxylic acids is 2. The van der Waals surface area contributed by atoms with Crippen LogP contribution in [0.25, 0.3) is 0 Å². The lowest BCUT2D eigenvalue weighted by atomic mass is 10.0. The van der Waals surface area contributed by atoms with Crippen molar-refractivity contribution in [2.45, 2.75) is 50.2 Å². The number of hydrogen-bond donors (Lipinski definition) is 1. The molecule has 3 aromatic rings. The fourth-order valence-corrected chi connectivity index (χ4v) is 5.40. The maximum Gasteiger partial charge on any atom is 0.243 e. The van der Waals surface area contributed by atoms with Crippen LogP contribution >= 0.6 is 23.2 Å². The molecule has 3 aromatic carbocycles. The standard InChI is InChI=1S/C29H33Cl2N3O4S/c1-4-21(2)32-29(36)27(18-22-10-6-5-7-11-22)34(19-23-12-8-9-13-26(23)31)28(35)20-33(3)39(37,38)25-16-14-24(30)15-17-25/h5-17,21,27H,4,18-20H2,1-3H3,(H,32,36). The van der Waals surface area contributed by atoms with Crippen LogP contribution in [0.1, 0.15) is 31.4 Å². The van der Waals surface area contributed by atoms with Gasteiger partial charge in [0.1, 0.15) is 6.04 Å². The van der Waals surface area contributed by atoms with Gasteiger partial charge < -0.3 is 10.2 Å². The molecule has 208 valence electrons. The number of sulfonamides is 1. The second-order valence-electron chi connectivity index (χ2n) is 9.35. The van der Waals surface area contributed by atoms with Crippen LogP contribution in [0.3, 0.4) is 0 Å². The molecule has 0 saturated heterocycles. The van der Waals surface area contributed by atoms with Gasteiger partial charge in [-0.1, -0.05) is 78.7 Å². The number of carbonyl (C=O) groups is 2. The van der Waals surface area contributed by atoms with Gasteiger partial charge in [-0.25, -0.2) is 8.42 Å². The average molecular weight is 591 g/mol. The molecule has 0 aliphatic heterocycles. The Bertz CT molecular complexity index is 1370. The molecule has 39 heavy (non-hydrogen) atoms. The van der Waals surface area contributed by atoms with Gasteiger partial charge in [0.15, 0.2) is 0 Å². The van der Waals surface area contributed by atoms with Crippen molar-refractivity contribution in [1.82, 2.24) is 14.5 Å². The number of nitrogens with one attached hydrogen (secondary N) is 1. The first-order chi connectivity index (χ1) is 18.5. The summed E-state index contributed by atoms with van der Waals surface area (Å²) in [6, 6.07) is 21.2. The van der Waals surface area contributed by atoms with Gasteiger partial charge in [-0.3, -0.25) is 9.59 Å². The highest BCUT2D eigenvalue weighted by Crippen LogP contribution is 2.22. The van der Waals surface area contributed by atoms with Crippen molar-refractivity contribution in [3.63, 3.8) is 0 Å². The summed E-state index contributed by atoms with van der Waals surface area (Å²) in [4.78, 5) is 28.9. The molecule has 0 fully saturated rings. The maximum atomic E-state index is 13.9. The summed E-state index contributed by atoms with van der Waals surface area (Å²) in [7, 11) is -2.66. The Morgan fingerprint density at radius 1 is 0.923 bits per heavy atom. The summed E-state index contributed by atoms with van der Waals surface area (Å²) in [5, 5.41) is 3.83. The van der Waals surface area contributed by atoms with Crippen molar-refractivity contribution < 1.29 is 18.0 Å². The summed E-state index contributed by atoms with van der Waals surface area (Å²) in [5.41, 5.74) is 1.51. The molecule has 0 saturated carbocycles. The minimum Gasteiger partial charge on any atom is -0.352 e. The van der Waals surface area contributed by atoms with Gasteiger partial charge in [0, 0.05) is 36.1 Å². The van der Waals surface area contributed by atoms with E-state index in [1.54, 1.807) is 24.3 Å². The molecule has 2 unspecified atom stereocenters. The zero-order valence-electron chi connectivity index (χ0n) is 22.2. The van der Waals surface area contributed by atoms with E-state index in [1.165, 1.54) is 36.2 Å². The summed E-state index contributed by atoms with van der Waals surface area (Å²) in [6.07, 6.45) is 0.956. The van der Waals surface area contributed by atoms with E-state index in [4.69, 9.17) is 23.2 Å². The number of halogens is 2. The monoisotopic (exact) mass is 589 g/mol. The van der Waals surface area contributed by atoms with Gasteiger partial charge in [0.05, 0.1) is 11.4 Å². The molecule has 0 radical (unpaired) electrons. The Morgan fingerprint density at radius 2 is 1.54 bits per heavy atom. The third-order valence-corrected chi connectivity index (χ3v) is 8.89. The van der Waals surface area contributed by atoms with E-state index in [9.17, 15) is 18.0 Å². The highest BCUT2D eigenvalue weighted by atomic mass is 35.5. The Kier molecular flexibility index (Phi) is 10.9. The normalized spacial score (nSPS) is 13.1. The minimum atomic E-state index is -3.99. The van der Waals surface area contributed by atoms with E-state index in [-0.39, 0.29) is 29.8 Å². The van der Waals surface area contributed by atoms with Crippen LogP contribution in [-0.4, -0.2) is 55.1 Å². The van der Waals surface area contributed by atoms with Crippen molar-refractivity contribution in [2.24, 2.45) is 0 Å². The summed E-state index contributed by atoms with van der Waals surface area (Å²) < 4.78 is 27.4. The van der Waals surface area contributed by atoms with Crippen molar-refractivity contribution in [1.29, 1.82) is 0 Å². The van der Waals surface area contributed by atoms with E-state index < -0.39 is 28.5 Å². The quantitative estimate of drug-likeness (QED) is 0.316. The molecular weight excluding hydrogens is 557 g/mol. The molecule has 10 heteroatoms. The summed E-state index contributed by atoms with van der Waals surface area (Å²) in [5.74, 6) is -0.855. The summed E-state index contributed by atoms with van der Waals surface area (Å²) >= 11 is 12.4. The van der Waals surface area contributed by atoms with Crippen molar-refractivity contribution >= 4 is 45.0 Å². The van der Waals surface area contributed by atoms with E-state index in [0.29, 0.717) is 22.0 Å². The molecule has 0 bridgehead atoms. The Labute approximate surface area is 240 Å². The highest BCUT2D eigenvalue weighted by Gasteiger charge is 2.33. The van der Waals surface area contributed by atoms with Crippen LogP contribution in [0, 0.1) is 0 Å². The number of rotatable bonds is 12. The third kappa shape index (κ3) is 8.29. The van der Waals surface area contributed by atoms with Gasteiger partial charge in [-0.2, -0.15) is 4.31 Å². The second kappa shape index (κ2) is 13.9. The largest absolute Gasteiger partial charge is 0.352 e. The van der Waals surface area contributed by atoms with Crippen LogP contribution in [0.15, 0.2) is 83.8 Å². The number of likely N-dealkylation sites (N-methyl/N-ethyl adjacent to an activating group) is 1. The fraction of sp³-hybridized carbons (Fsp3) is 0.310. The topological polar surface area (TPSA) is 86.8 Å². The first-order valence-electron chi connectivity index (χ1n) is 12.6. The highest BCUT2D eigenvalue weighted by molar-refractivity contribution is 7.89. The molecule has 1 N–H and O–H groups in total. The SMILES string of the molecule is CCC(C)NC(=O)C(Cc1ccccc1)N(Cc1ccccc1Cl)C(=O)CN(C)S(=O)(=O)c1ccc(Cl)cc1. The van der Waals surface area contributed by atoms with Crippen molar-refractivity contribution in [3.05, 3.63) is 100 Å². The van der Waals surface area contributed by atoms with Gasteiger partial charge >= 0.3 is 0 Å². The van der Waals surface area contributed by atoms with E-state index >= 15 is 0 Å². The van der Waals surface area contributed by atoms with Crippen LogP contribution < -0.4 is 5.32 Å². The van der Waals surface area contributed by atoms with Crippen LogP contribution in [0.5, 0.6) is 0 Å². The fourth-order valence-electron chi connectivity index (χ4n) is 3.96. The lowest BCUT2D eigenvalue weighted by Gasteiger charge is -2.33. The molecule has 0 aromatic heterocycles. The third-order valence-electron chi connectivity index (χ3n) is 6.45. The molecule has 3 rings (SSSR count). The molecular formula is C29H33Cl2N3O4S. The van der Waals surface area contributed by atoms with E-state index in [2.05, 4.69) is 5.32 Å². The maximum absolute atomic E-state index is 13.9. The molecule has 0 aliphatic carbocycles. The van der Waals surface area contributed by atoms with Crippen LogP contribution in [0.2, 0.25) is 10.0 Å². The van der Waals surface area contributed by atoms with E-state index in [1.807, 2.05) is 44.2 Å². The van der Waals surface area contributed by atoms with Gasteiger partial charge in [-0.15, -0.1) is 0 Å². The molecule has 2 atom stereocenters. The molecule has 2 amide bonds. The Hall–Kier alpha value is -2.91. The van der Waals surface area contributed by atoms with E-state index in [0.717, 1.165) is 9.87 Å². The van der Waals surface area contributed by atoms with Crippen molar-refractivity contribution in [2.75, 3.05) is 13.6 Å². The second-order valence-corrected chi connectivity index (χ2v) is 12.2. The zero-order chi connectivity index (χ0) is 28.6. The molecule has 0 spiro atoms. The predicted molar refractivity (Wildman–Crippen MR) is 155 cm³/mol. The smallest absolute Gasteiger partial charge is 0.243 e. The molecule has 0 aliphatic rings. The Balaban J connectivity index is 1.99. The first-order valence-corrected chi connectivity index (χ1v) is 14.8. The molecule has 0 heterocycles. The minimum absolute atomic E-state index is 0.00945. The molecule has 7 nitrogen and oxygen atoms in total. The first kappa shape index (κ1) is 30.6. The van der Waals surface area contributed by atoms with Crippen LogP contribution in [0.4, 0.5) is 0 Å². The lowest BCUT2D eigenvalue weighted by molar-refractivity contribution is -0.141. The van der Waals surface area contributed by atoms with Crippen molar-refractivity contribution in [3.8, 4) is 0 Å². The number of amides is 2. The number of hydrogen-bond acceptors (Lipinski definition) is 4. The number of nitrogens with zero attached hydrogens (tertiary/aromatic N) is 2. The summed E-state index contributed by atoms with van der Waals surface area (Å²) in [6.45, 7) is 3.40. The van der Waals surface area contributed by atoms with Crippen LogP contribution in [-0.2, 0) is 32.6 Å².